The lowest BCUT2D eigenvalue weighted by molar-refractivity contribution is -0.151. The van der Waals surface area contributed by atoms with E-state index in [1.165, 1.54) is 0 Å². The van der Waals surface area contributed by atoms with Crippen LogP contribution >= 0.6 is 0 Å². The van der Waals surface area contributed by atoms with Crippen LogP contribution in [0.15, 0.2) is 66.9 Å². The number of carbonyl (C=O) groups is 2. The topological polar surface area (TPSA) is 87.5 Å². The molecule has 7 heteroatoms. The third kappa shape index (κ3) is 4.31. The van der Waals surface area contributed by atoms with Gasteiger partial charge in [0.15, 0.2) is 0 Å². The van der Waals surface area contributed by atoms with Crippen LogP contribution in [0.5, 0.6) is 0 Å². The van der Waals surface area contributed by atoms with Crippen LogP contribution in [-0.4, -0.2) is 44.8 Å². The fraction of sp³-hybridized carbons (Fsp3) is 0.393. The van der Waals surface area contributed by atoms with Crippen LogP contribution in [0.3, 0.4) is 0 Å². The Labute approximate surface area is 205 Å². The Morgan fingerprint density at radius 1 is 1.09 bits per heavy atom. The van der Waals surface area contributed by atoms with E-state index in [-0.39, 0.29) is 24.0 Å². The summed E-state index contributed by atoms with van der Waals surface area (Å²) in [6.07, 6.45) is 4.07. The standard InChI is InChI=1S/C28H32N4O3/c1-27(2)17-23(21-12-7-4-8-13-21)30-24-22(18-29-32(24)27)25(33)31-15-9-14-28(19-31,26(34)35)16-20-10-5-3-6-11-20/h3-8,10-13,18,23,30H,9,14-17,19H2,1-2H3,(H,34,35). The first-order valence-corrected chi connectivity index (χ1v) is 12.3. The monoisotopic (exact) mass is 472 g/mol. The van der Waals surface area contributed by atoms with E-state index in [1.807, 2.05) is 53.2 Å². The number of anilines is 1. The van der Waals surface area contributed by atoms with Crippen molar-refractivity contribution in [2.45, 2.75) is 51.1 Å². The summed E-state index contributed by atoms with van der Waals surface area (Å²) in [5.74, 6) is -0.310. The number of hydrogen-bond donors (Lipinski definition) is 2. The van der Waals surface area contributed by atoms with Crippen molar-refractivity contribution in [3.05, 3.63) is 83.6 Å². The van der Waals surface area contributed by atoms with Crippen LogP contribution < -0.4 is 5.32 Å². The van der Waals surface area contributed by atoms with Gasteiger partial charge < -0.3 is 15.3 Å². The number of nitrogens with one attached hydrogen (secondary N) is 1. The van der Waals surface area contributed by atoms with Crippen molar-refractivity contribution in [3.8, 4) is 0 Å². The van der Waals surface area contributed by atoms with Gasteiger partial charge in [0.25, 0.3) is 5.91 Å². The number of aromatic nitrogens is 2. The van der Waals surface area contributed by atoms with Crippen molar-refractivity contribution >= 4 is 17.7 Å². The zero-order chi connectivity index (χ0) is 24.6. The highest BCUT2D eigenvalue weighted by atomic mass is 16.4. The predicted octanol–water partition coefficient (Wildman–Crippen LogP) is 4.72. The highest BCUT2D eigenvalue weighted by Crippen LogP contribution is 2.41. The van der Waals surface area contributed by atoms with Gasteiger partial charge in [0.1, 0.15) is 11.4 Å². The van der Waals surface area contributed by atoms with Gasteiger partial charge in [-0.2, -0.15) is 5.10 Å². The molecular weight excluding hydrogens is 440 g/mol. The second kappa shape index (κ2) is 8.87. The number of piperidine rings is 1. The molecule has 0 radical (unpaired) electrons. The van der Waals surface area contributed by atoms with Gasteiger partial charge in [-0.15, -0.1) is 0 Å². The van der Waals surface area contributed by atoms with Gasteiger partial charge in [0, 0.05) is 13.1 Å². The van der Waals surface area contributed by atoms with Crippen molar-refractivity contribution in [2.75, 3.05) is 18.4 Å². The first-order chi connectivity index (χ1) is 16.8. The van der Waals surface area contributed by atoms with E-state index in [0.29, 0.717) is 37.2 Å². The Hall–Kier alpha value is -3.61. The van der Waals surface area contributed by atoms with Crippen molar-refractivity contribution in [3.63, 3.8) is 0 Å². The van der Waals surface area contributed by atoms with Crippen LogP contribution in [0.2, 0.25) is 0 Å². The SMILES string of the molecule is CC1(C)CC(c2ccccc2)Nc2c(C(=O)N3CCCC(Cc4ccccc4)(C(=O)O)C3)cnn21. The summed E-state index contributed by atoms with van der Waals surface area (Å²) in [4.78, 5) is 28.0. The number of likely N-dealkylation sites (tertiary alicyclic amines) is 1. The fourth-order valence-electron chi connectivity index (χ4n) is 5.65. The minimum absolute atomic E-state index is 0.0551. The van der Waals surface area contributed by atoms with Crippen molar-refractivity contribution < 1.29 is 14.7 Å². The molecule has 2 aliphatic heterocycles. The first-order valence-electron chi connectivity index (χ1n) is 12.3. The molecule has 5 rings (SSSR count). The number of fused-ring (bicyclic) bond motifs is 1. The fourth-order valence-corrected chi connectivity index (χ4v) is 5.65. The molecule has 2 atom stereocenters. The molecule has 3 aromatic rings. The number of carboxylic acid groups (broad SMARTS) is 1. The smallest absolute Gasteiger partial charge is 0.311 e. The Kier molecular flexibility index (Phi) is 5.87. The first kappa shape index (κ1) is 23.1. The maximum absolute atomic E-state index is 13.8. The summed E-state index contributed by atoms with van der Waals surface area (Å²) >= 11 is 0. The van der Waals surface area contributed by atoms with Crippen LogP contribution in [0, 0.1) is 5.41 Å². The zero-order valence-corrected chi connectivity index (χ0v) is 20.3. The highest BCUT2D eigenvalue weighted by Gasteiger charge is 2.45. The van der Waals surface area contributed by atoms with Gasteiger partial charge in [-0.3, -0.25) is 9.59 Å². The summed E-state index contributed by atoms with van der Waals surface area (Å²) in [6.45, 7) is 4.99. The molecule has 0 spiro atoms. The van der Waals surface area contributed by atoms with Crippen LogP contribution in [0.1, 0.15) is 60.6 Å². The molecule has 2 aliphatic rings. The minimum Gasteiger partial charge on any atom is -0.481 e. The van der Waals surface area contributed by atoms with Gasteiger partial charge >= 0.3 is 5.97 Å². The van der Waals surface area contributed by atoms with E-state index in [2.05, 4.69) is 36.4 Å². The third-order valence-electron chi connectivity index (χ3n) is 7.49. The summed E-state index contributed by atoms with van der Waals surface area (Å²) in [6, 6.07) is 20.0. The summed E-state index contributed by atoms with van der Waals surface area (Å²) in [5, 5.41) is 18.4. The van der Waals surface area contributed by atoms with E-state index < -0.39 is 11.4 Å². The Morgan fingerprint density at radius 2 is 1.77 bits per heavy atom. The van der Waals surface area contributed by atoms with Crippen LogP contribution in [0.25, 0.3) is 0 Å². The van der Waals surface area contributed by atoms with Crippen LogP contribution in [-0.2, 0) is 16.8 Å². The number of amides is 1. The lowest BCUT2D eigenvalue weighted by atomic mass is 9.75. The summed E-state index contributed by atoms with van der Waals surface area (Å²) < 4.78 is 1.90. The molecule has 2 aromatic carbocycles. The van der Waals surface area contributed by atoms with Gasteiger partial charge in [-0.25, -0.2) is 4.68 Å². The van der Waals surface area contributed by atoms with Crippen LogP contribution in [0.4, 0.5) is 5.82 Å². The predicted molar refractivity (Wildman–Crippen MR) is 134 cm³/mol. The largest absolute Gasteiger partial charge is 0.481 e. The number of rotatable bonds is 5. The molecule has 0 bridgehead atoms. The average Bonchev–Trinajstić information content (AvgIpc) is 3.30. The number of carbonyl (C=O) groups excluding carboxylic acids is 1. The molecule has 35 heavy (non-hydrogen) atoms. The molecule has 1 aromatic heterocycles. The zero-order valence-electron chi connectivity index (χ0n) is 20.3. The maximum Gasteiger partial charge on any atom is 0.311 e. The third-order valence-corrected chi connectivity index (χ3v) is 7.49. The lowest BCUT2D eigenvalue weighted by Gasteiger charge is -2.41. The summed E-state index contributed by atoms with van der Waals surface area (Å²) in [5.41, 5.74) is 1.36. The van der Waals surface area contributed by atoms with E-state index in [1.54, 1.807) is 11.1 Å². The Balaban J connectivity index is 1.43. The molecule has 2 N–H and O–H groups in total. The van der Waals surface area contributed by atoms with Crippen molar-refractivity contribution in [1.29, 1.82) is 0 Å². The highest BCUT2D eigenvalue weighted by molar-refractivity contribution is 5.99. The van der Waals surface area contributed by atoms with E-state index in [4.69, 9.17) is 0 Å². The Morgan fingerprint density at radius 3 is 2.46 bits per heavy atom. The molecule has 7 nitrogen and oxygen atoms in total. The van der Waals surface area contributed by atoms with Gasteiger partial charge in [0.05, 0.1) is 23.2 Å². The normalized spacial score (nSPS) is 23.3. The van der Waals surface area contributed by atoms with Crippen molar-refractivity contribution in [1.82, 2.24) is 14.7 Å². The number of benzene rings is 2. The number of aliphatic carboxylic acids is 1. The molecule has 2 unspecified atom stereocenters. The van der Waals surface area contributed by atoms with Gasteiger partial charge in [-0.1, -0.05) is 60.7 Å². The molecular formula is C28H32N4O3. The van der Waals surface area contributed by atoms with E-state index in [0.717, 1.165) is 17.5 Å². The molecule has 0 saturated carbocycles. The molecule has 1 fully saturated rings. The second-order valence-corrected chi connectivity index (χ2v) is 10.5. The van der Waals surface area contributed by atoms with Gasteiger partial charge in [0.2, 0.25) is 0 Å². The molecule has 1 saturated heterocycles. The molecule has 182 valence electrons. The van der Waals surface area contributed by atoms with E-state index in [9.17, 15) is 14.7 Å². The molecule has 0 aliphatic carbocycles. The quantitative estimate of drug-likeness (QED) is 0.561. The lowest BCUT2D eigenvalue weighted by Crippen LogP contribution is -2.51. The number of nitrogens with zero attached hydrogens (tertiary/aromatic N) is 3. The van der Waals surface area contributed by atoms with Gasteiger partial charge in [-0.05, 0) is 50.7 Å². The minimum atomic E-state index is -0.998. The number of hydrogen-bond acceptors (Lipinski definition) is 4. The number of carboxylic acids is 1. The molecule has 3 heterocycles. The van der Waals surface area contributed by atoms with Crippen molar-refractivity contribution in [2.24, 2.45) is 5.41 Å². The molecule has 1 amide bonds. The maximum atomic E-state index is 13.8. The average molecular weight is 473 g/mol. The second-order valence-electron chi connectivity index (χ2n) is 10.5. The van der Waals surface area contributed by atoms with E-state index >= 15 is 0 Å². The Bertz CT molecular complexity index is 1220. The summed E-state index contributed by atoms with van der Waals surface area (Å²) in [7, 11) is 0.